The van der Waals surface area contributed by atoms with Gasteiger partial charge in [0.1, 0.15) is 25.1 Å². The van der Waals surface area contributed by atoms with Crippen LogP contribution in [0.3, 0.4) is 0 Å². The Labute approximate surface area is 306 Å². The van der Waals surface area contributed by atoms with Gasteiger partial charge in [-0.1, -0.05) is 58.9 Å². The summed E-state index contributed by atoms with van der Waals surface area (Å²) in [5.74, 6) is 1.02. The molecule has 1 unspecified atom stereocenters. The Hall–Kier alpha value is -2.97. The molecule has 51 heavy (non-hydrogen) atoms. The van der Waals surface area contributed by atoms with Crippen LogP contribution in [0, 0.1) is 46.3 Å². The maximum atomic E-state index is 13.1. The summed E-state index contributed by atoms with van der Waals surface area (Å²) >= 11 is 0. The Kier molecular flexibility index (Phi) is 14.9. The molecule has 4 fully saturated rings. The molecule has 0 radical (unpaired) electrons. The topological polar surface area (TPSA) is 122 Å². The first-order valence-electron chi connectivity index (χ1n) is 19.8. The Morgan fingerprint density at radius 2 is 1.29 bits per heavy atom. The second-order valence-corrected chi connectivity index (χ2v) is 16.5. The summed E-state index contributed by atoms with van der Waals surface area (Å²) in [4.78, 5) is 62.7. The summed E-state index contributed by atoms with van der Waals surface area (Å²) in [6, 6.07) is 0. The van der Waals surface area contributed by atoms with E-state index in [2.05, 4.69) is 13.8 Å². The van der Waals surface area contributed by atoms with Crippen LogP contribution in [0.4, 0.5) is 0 Å². The van der Waals surface area contributed by atoms with Crippen molar-refractivity contribution in [3.63, 3.8) is 0 Å². The lowest BCUT2D eigenvalue weighted by atomic mass is 9.44. The molecule has 9 nitrogen and oxygen atoms in total. The van der Waals surface area contributed by atoms with Crippen LogP contribution < -0.4 is 0 Å². The minimum absolute atomic E-state index is 0.0228. The van der Waals surface area contributed by atoms with Gasteiger partial charge in [-0.05, 0) is 118 Å². The fraction of sp³-hybridized carbons (Fsp3) is 0.786. The van der Waals surface area contributed by atoms with Crippen molar-refractivity contribution in [1.29, 1.82) is 0 Å². The summed E-state index contributed by atoms with van der Waals surface area (Å²) in [6.07, 6.45) is 17.7. The molecule has 0 N–H and O–H groups in total. The lowest BCUT2D eigenvalue weighted by molar-refractivity contribution is -0.168. The van der Waals surface area contributed by atoms with Crippen LogP contribution in [-0.2, 0) is 42.9 Å². The summed E-state index contributed by atoms with van der Waals surface area (Å²) in [5, 5.41) is 0. The fourth-order valence-corrected chi connectivity index (χ4v) is 10.4. The van der Waals surface area contributed by atoms with E-state index < -0.39 is 24.0 Å². The van der Waals surface area contributed by atoms with Gasteiger partial charge in [0, 0.05) is 18.8 Å². The smallest absolute Gasteiger partial charge is 0.309 e. The fourth-order valence-electron chi connectivity index (χ4n) is 10.4. The first-order chi connectivity index (χ1) is 24.3. The molecule has 0 aromatic heterocycles. The standard InChI is InChI=1S/C42H64O9/c1-7-9-11-13-37(44)48-26-32(27-49-38(45)14-12-10-8-2)51-40(47)24-28(3)23-39(46)50-31-19-21-41(5)30(25-31)15-16-33-35-18-17-34(29(4)43)42(35,6)22-20-36(33)41/h9-12,28,30-36H,7-8,13-27H2,1-6H3/b11-9-,12-10-/t28?,30-,31+,33-,34+,35-,36-,41-,42+/m0/s1. The normalized spacial score (nSPS) is 32.1. The van der Waals surface area contributed by atoms with Gasteiger partial charge in [-0.3, -0.25) is 24.0 Å². The van der Waals surface area contributed by atoms with Crippen molar-refractivity contribution >= 4 is 29.7 Å². The van der Waals surface area contributed by atoms with Crippen LogP contribution in [-0.4, -0.2) is 55.1 Å². The third kappa shape index (κ3) is 10.6. The molecule has 0 saturated heterocycles. The Morgan fingerprint density at radius 1 is 0.706 bits per heavy atom. The number of ketones is 1. The molecular formula is C42H64O9. The number of hydrogen-bond donors (Lipinski definition) is 0. The first kappa shape index (κ1) is 40.8. The van der Waals surface area contributed by atoms with E-state index in [1.165, 1.54) is 19.3 Å². The number of Topliss-reactive ketones (excluding diaryl/α,β-unsaturated/α-hetero) is 1. The molecule has 4 rings (SSSR count). The van der Waals surface area contributed by atoms with Crippen LogP contribution in [0.25, 0.3) is 0 Å². The van der Waals surface area contributed by atoms with E-state index in [1.54, 1.807) is 19.1 Å². The van der Waals surface area contributed by atoms with E-state index in [0.29, 0.717) is 29.5 Å². The van der Waals surface area contributed by atoms with Gasteiger partial charge in [0.25, 0.3) is 0 Å². The molecule has 286 valence electrons. The highest BCUT2D eigenvalue weighted by Crippen LogP contribution is 2.67. The van der Waals surface area contributed by atoms with Crippen molar-refractivity contribution in [2.24, 2.45) is 46.3 Å². The first-order valence-corrected chi connectivity index (χ1v) is 19.8. The van der Waals surface area contributed by atoms with E-state index in [4.69, 9.17) is 18.9 Å². The average molecular weight is 713 g/mol. The molecule has 9 atom stereocenters. The summed E-state index contributed by atoms with van der Waals surface area (Å²) in [5.41, 5.74) is 0.403. The van der Waals surface area contributed by atoms with Gasteiger partial charge in [-0.25, -0.2) is 0 Å². The Balaban J connectivity index is 1.24. The van der Waals surface area contributed by atoms with Crippen molar-refractivity contribution in [2.45, 2.75) is 150 Å². The number of carbonyl (C=O) groups is 5. The Bertz CT molecular complexity index is 1250. The van der Waals surface area contributed by atoms with Gasteiger partial charge in [0.15, 0.2) is 6.10 Å². The van der Waals surface area contributed by atoms with Crippen LogP contribution in [0.15, 0.2) is 24.3 Å². The number of carbonyl (C=O) groups excluding carboxylic acids is 5. The Morgan fingerprint density at radius 3 is 1.90 bits per heavy atom. The van der Waals surface area contributed by atoms with E-state index in [1.807, 2.05) is 32.9 Å². The maximum Gasteiger partial charge on any atom is 0.309 e. The van der Waals surface area contributed by atoms with Gasteiger partial charge in [0.05, 0.1) is 12.8 Å². The molecule has 0 amide bonds. The number of hydrogen-bond acceptors (Lipinski definition) is 9. The number of fused-ring (bicyclic) bond motifs is 5. The molecule has 9 heteroatoms. The van der Waals surface area contributed by atoms with Crippen LogP contribution in [0.5, 0.6) is 0 Å². The molecular weight excluding hydrogens is 648 g/mol. The van der Waals surface area contributed by atoms with Crippen LogP contribution in [0.2, 0.25) is 0 Å². The number of ether oxygens (including phenoxy) is 4. The lowest BCUT2D eigenvalue weighted by Crippen LogP contribution is -2.54. The van der Waals surface area contributed by atoms with E-state index in [0.717, 1.165) is 51.4 Å². The molecule has 0 spiro atoms. The van der Waals surface area contributed by atoms with Gasteiger partial charge in [-0.15, -0.1) is 0 Å². The predicted octanol–water partition coefficient (Wildman–Crippen LogP) is 8.27. The van der Waals surface area contributed by atoms with Crippen LogP contribution >= 0.6 is 0 Å². The number of esters is 4. The molecule has 4 saturated carbocycles. The van der Waals surface area contributed by atoms with E-state index in [9.17, 15) is 24.0 Å². The highest BCUT2D eigenvalue weighted by molar-refractivity contribution is 5.79. The molecule has 0 bridgehead atoms. The van der Waals surface area contributed by atoms with Gasteiger partial charge < -0.3 is 18.9 Å². The van der Waals surface area contributed by atoms with Gasteiger partial charge >= 0.3 is 23.9 Å². The third-order valence-electron chi connectivity index (χ3n) is 13.0. The zero-order valence-corrected chi connectivity index (χ0v) is 32.1. The molecule has 0 aromatic rings. The van der Waals surface area contributed by atoms with Crippen molar-refractivity contribution in [2.75, 3.05) is 13.2 Å². The van der Waals surface area contributed by atoms with Gasteiger partial charge in [0.2, 0.25) is 0 Å². The molecule has 4 aliphatic rings. The minimum Gasteiger partial charge on any atom is -0.462 e. The monoisotopic (exact) mass is 712 g/mol. The number of rotatable bonds is 17. The largest absolute Gasteiger partial charge is 0.462 e. The van der Waals surface area contributed by atoms with Crippen LogP contribution in [0.1, 0.15) is 138 Å². The molecule has 4 aliphatic carbocycles. The number of allylic oxidation sites excluding steroid dienone is 2. The van der Waals surface area contributed by atoms with Crippen molar-refractivity contribution in [3.05, 3.63) is 24.3 Å². The second kappa shape index (κ2) is 18.7. The average Bonchev–Trinajstić information content (AvgIpc) is 3.44. The zero-order chi connectivity index (χ0) is 37.2. The van der Waals surface area contributed by atoms with Crippen molar-refractivity contribution in [3.8, 4) is 0 Å². The molecule has 0 aromatic carbocycles. The maximum absolute atomic E-state index is 13.1. The zero-order valence-electron chi connectivity index (χ0n) is 32.1. The summed E-state index contributed by atoms with van der Waals surface area (Å²) < 4.78 is 22.2. The second-order valence-electron chi connectivity index (χ2n) is 16.5. The van der Waals surface area contributed by atoms with Crippen molar-refractivity contribution < 1.29 is 42.9 Å². The van der Waals surface area contributed by atoms with E-state index >= 15 is 0 Å². The molecule has 0 heterocycles. The summed E-state index contributed by atoms with van der Waals surface area (Å²) in [6.45, 7) is 11.9. The molecule has 0 aliphatic heterocycles. The predicted molar refractivity (Wildman–Crippen MR) is 194 cm³/mol. The van der Waals surface area contributed by atoms with Gasteiger partial charge in [-0.2, -0.15) is 0 Å². The van der Waals surface area contributed by atoms with Crippen molar-refractivity contribution in [1.82, 2.24) is 0 Å². The lowest BCUT2D eigenvalue weighted by Gasteiger charge is -2.61. The quantitative estimate of drug-likeness (QED) is 0.0833. The minimum atomic E-state index is -0.955. The highest BCUT2D eigenvalue weighted by atomic mass is 16.6. The SMILES string of the molecule is CC/C=C\CC(=O)OCC(COC(=O)C/C=C\CC)OC(=O)CC(C)CC(=O)O[C@@H]1CC[C@@]2(C)[C@@H](CC[C@@H]3[C@@H]2CC[C@]2(C)[C@@H](C(C)=O)CC[C@@H]32)C1. The van der Waals surface area contributed by atoms with E-state index in [-0.39, 0.29) is 73.6 Å². The summed E-state index contributed by atoms with van der Waals surface area (Å²) in [7, 11) is 0. The third-order valence-corrected chi connectivity index (χ3v) is 13.0. The highest BCUT2D eigenvalue weighted by Gasteiger charge is 2.61.